The molecule has 2 N–H and O–H groups in total. The van der Waals surface area contributed by atoms with Gasteiger partial charge in [-0.05, 0) is 30.7 Å². The van der Waals surface area contributed by atoms with E-state index in [0.717, 1.165) is 16.8 Å². The Balaban J connectivity index is 2.25. The van der Waals surface area contributed by atoms with Crippen molar-refractivity contribution in [2.75, 3.05) is 11.9 Å². The number of halogens is 1. The number of hydrogen-bond acceptors (Lipinski definition) is 3. The zero-order valence-electron chi connectivity index (χ0n) is 11.5. The number of anilines is 1. The topological polar surface area (TPSA) is 47.1 Å². The summed E-state index contributed by atoms with van der Waals surface area (Å²) in [6.45, 7) is 2.56. The van der Waals surface area contributed by atoms with Gasteiger partial charge in [-0.3, -0.25) is 4.68 Å². The molecular formula is C14H19FN4. The molecular weight excluding hydrogens is 243 g/mol. The van der Waals surface area contributed by atoms with Crippen LogP contribution in [0.3, 0.4) is 0 Å². The minimum absolute atomic E-state index is 0.206. The molecule has 19 heavy (non-hydrogen) atoms. The van der Waals surface area contributed by atoms with Crippen LogP contribution in [-0.2, 0) is 13.6 Å². The smallest absolute Gasteiger partial charge is 0.123 e. The Morgan fingerprint density at radius 2 is 2.21 bits per heavy atom. The van der Waals surface area contributed by atoms with E-state index in [4.69, 9.17) is 5.73 Å². The Morgan fingerprint density at radius 3 is 2.79 bits per heavy atom. The highest BCUT2D eigenvalue weighted by atomic mass is 19.1. The van der Waals surface area contributed by atoms with E-state index in [9.17, 15) is 4.39 Å². The normalized spacial score (nSPS) is 12.5. The number of benzene rings is 1. The summed E-state index contributed by atoms with van der Waals surface area (Å²) in [4.78, 5) is 2.05. The highest BCUT2D eigenvalue weighted by Gasteiger charge is 2.12. The van der Waals surface area contributed by atoms with Gasteiger partial charge in [0.25, 0.3) is 0 Å². The van der Waals surface area contributed by atoms with Crippen molar-refractivity contribution in [3.63, 3.8) is 0 Å². The van der Waals surface area contributed by atoms with Crippen LogP contribution in [0, 0.1) is 5.82 Å². The van der Waals surface area contributed by atoms with Gasteiger partial charge in [0.05, 0.1) is 6.20 Å². The molecule has 102 valence electrons. The van der Waals surface area contributed by atoms with E-state index in [1.54, 1.807) is 10.7 Å². The minimum atomic E-state index is -0.258. The van der Waals surface area contributed by atoms with Crippen molar-refractivity contribution in [2.45, 2.75) is 19.5 Å². The highest BCUT2D eigenvalue weighted by Crippen LogP contribution is 2.26. The molecule has 1 aromatic heterocycles. The van der Waals surface area contributed by atoms with Gasteiger partial charge in [-0.15, -0.1) is 0 Å². The lowest BCUT2D eigenvalue weighted by Gasteiger charge is -2.23. The van der Waals surface area contributed by atoms with Crippen LogP contribution in [0.25, 0.3) is 0 Å². The van der Waals surface area contributed by atoms with Crippen LogP contribution in [-0.4, -0.2) is 16.8 Å². The number of aromatic nitrogens is 2. The predicted molar refractivity (Wildman–Crippen MR) is 74.3 cm³/mol. The van der Waals surface area contributed by atoms with Crippen LogP contribution in [0.2, 0.25) is 0 Å². The standard InChI is InChI=1S/C14H19FN4/c1-10(16)13-6-12(15)4-5-14(13)18(2)8-11-7-17-19(3)9-11/h4-7,9-10H,8,16H2,1-3H3. The maximum absolute atomic E-state index is 13.3. The van der Waals surface area contributed by atoms with E-state index in [0.29, 0.717) is 6.54 Å². The van der Waals surface area contributed by atoms with Crippen molar-refractivity contribution >= 4 is 5.69 Å². The third-order valence-corrected chi connectivity index (χ3v) is 3.07. The fraction of sp³-hybridized carbons (Fsp3) is 0.357. The second kappa shape index (κ2) is 5.40. The van der Waals surface area contributed by atoms with E-state index in [1.807, 2.05) is 33.4 Å². The summed E-state index contributed by atoms with van der Waals surface area (Å²) in [5, 5.41) is 4.14. The predicted octanol–water partition coefficient (Wildman–Crippen LogP) is 2.22. The Morgan fingerprint density at radius 1 is 1.47 bits per heavy atom. The molecule has 0 amide bonds. The largest absolute Gasteiger partial charge is 0.370 e. The maximum Gasteiger partial charge on any atom is 0.123 e. The maximum atomic E-state index is 13.3. The lowest BCUT2D eigenvalue weighted by atomic mass is 10.1. The average Bonchev–Trinajstić information content (AvgIpc) is 2.74. The quantitative estimate of drug-likeness (QED) is 0.919. The van der Waals surface area contributed by atoms with Gasteiger partial charge in [0.15, 0.2) is 0 Å². The van der Waals surface area contributed by atoms with Crippen molar-refractivity contribution in [3.8, 4) is 0 Å². The van der Waals surface area contributed by atoms with E-state index in [-0.39, 0.29) is 11.9 Å². The van der Waals surface area contributed by atoms with Gasteiger partial charge in [-0.2, -0.15) is 5.10 Å². The molecule has 0 aliphatic carbocycles. The van der Waals surface area contributed by atoms with Crippen LogP contribution in [0.4, 0.5) is 10.1 Å². The van der Waals surface area contributed by atoms with E-state index in [1.165, 1.54) is 12.1 Å². The summed E-state index contributed by atoms with van der Waals surface area (Å²) in [5.41, 5.74) is 8.77. The van der Waals surface area contributed by atoms with E-state index >= 15 is 0 Å². The molecule has 0 spiro atoms. The fourth-order valence-electron chi connectivity index (χ4n) is 2.15. The summed E-state index contributed by atoms with van der Waals surface area (Å²) in [5.74, 6) is -0.258. The van der Waals surface area contributed by atoms with Gasteiger partial charge in [0, 0.05) is 44.1 Å². The van der Waals surface area contributed by atoms with Gasteiger partial charge in [0.1, 0.15) is 5.82 Å². The SMILES string of the molecule is CC(N)c1cc(F)ccc1N(C)Cc1cnn(C)c1. The van der Waals surface area contributed by atoms with Crippen molar-refractivity contribution in [2.24, 2.45) is 12.8 Å². The molecule has 0 saturated carbocycles. The average molecular weight is 262 g/mol. The zero-order valence-corrected chi connectivity index (χ0v) is 11.5. The molecule has 2 rings (SSSR count). The minimum Gasteiger partial charge on any atom is -0.370 e. The molecule has 0 radical (unpaired) electrons. The highest BCUT2D eigenvalue weighted by molar-refractivity contribution is 5.54. The third kappa shape index (κ3) is 3.12. The lowest BCUT2D eigenvalue weighted by molar-refractivity contribution is 0.622. The monoisotopic (exact) mass is 262 g/mol. The number of nitrogens with two attached hydrogens (primary N) is 1. The van der Waals surface area contributed by atoms with Gasteiger partial charge >= 0.3 is 0 Å². The first-order valence-electron chi connectivity index (χ1n) is 6.21. The molecule has 2 aromatic rings. The van der Waals surface area contributed by atoms with Crippen LogP contribution in [0.5, 0.6) is 0 Å². The molecule has 0 saturated heterocycles. The van der Waals surface area contributed by atoms with Gasteiger partial charge in [-0.25, -0.2) is 4.39 Å². The summed E-state index contributed by atoms with van der Waals surface area (Å²) in [6, 6.07) is 4.52. The molecule has 0 aliphatic heterocycles. The first-order chi connectivity index (χ1) is 8.97. The molecule has 1 unspecified atom stereocenters. The first-order valence-corrected chi connectivity index (χ1v) is 6.21. The molecule has 1 aromatic carbocycles. The molecule has 0 aliphatic rings. The fourth-order valence-corrected chi connectivity index (χ4v) is 2.15. The van der Waals surface area contributed by atoms with Crippen molar-refractivity contribution < 1.29 is 4.39 Å². The Hall–Kier alpha value is -1.88. The van der Waals surface area contributed by atoms with Gasteiger partial charge in [-0.1, -0.05) is 0 Å². The summed E-state index contributed by atoms with van der Waals surface area (Å²) in [6.07, 6.45) is 3.79. The van der Waals surface area contributed by atoms with Gasteiger partial charge < -0.3 is 10.6 Å². The first kappa shape index (κ1) is 13.5. The number of hydrogen-bond donors (Lipinski definition) is 1. The molecule has 0 fully saturated rings. The third-order valence-electron chi connectivity index (χ3n) is 3.07. The molecule has 5 heteroatoms. The van der Waals surface area contributed by atoms with Crippen molar-refractivity contribution in [1.82, 2.24) is 9.78 Å². The second-order valence-corrected chi connectivity index (χ2v) is 4.87. The van der Waals surface area contributed by atoms with Crippen molar-refractivity contribution in [1.29, 1.82) is 0 Å². The van der Waals surface area contributed by atoms with E-state index < -0.39 is 0 Å². The van der Waals surface area contributed by atoms with Gasteiger partial charge in [0.2, 0.25) is 0 Å². The number of aryl methyl sites for hydroxylation is 1. The molecule has 4 nitrogen and oxygen atoms in total. The second-order valence-electron chi connectivity index (χ2n) is 4.87. The van der Waals surface area contributed by atoms with Crippen LogP contribution < -0.4 is 10.6 Å². The Labute approximate surface area is 112 Å². The lowest BCUT2D eigenvalue weighted by Crippen LogP contribution is -2.20. The Kier molecular flexibility index (Phi) is 3.85. The van der Waals surface area contributed by atoms with Crippen LogP contribution in [0.15, 0.2) is 30.6 Å². The molecule has 0 bridgehead atoms. The van der Waals surface area contributed by atoms with Crippen molar-refractivity contribution in [3.05, 3.63) is 47.5 Å². The molecule has 1 atom stereocenters. The summed E-state index contributed by atoms with van der Waals surface area (Å²) < 4.78 is 15.1. The summed E-state index contributed by atoms with van der Waals surface area (Å²) >= 11 is 0. The van der Waals surface area contributed by atoms with Crippen LogP contribution >= 0.6 is 0 Å². The van der Waals surface area contributed by atoms with E-state index in [2.05, 4.69) is 10.00 Å². The number of rotatable bonds is 4. The summed E-state index contributed by atoms with van der Waals surface area (Å²) in [7, 11) is 3.85. The van der Waals surface area contributed by atoms with Crippen LogP contribution in [0.1, 0.15) is 24.1 Å². The molecule has 1 heterocycles. The Bertz CT molecular complexity index is 562. The zero-order chi connectivity index (χ0) is 14.0. The number of nitrogens with zero attached hydrogens (tertiary/aromatic N) is 3.